The number of hydrogen-bond acceptors (Lipinski definition) is 0. The van der Waals surface area contributed by atoms with Crippen LogP contribution in [0.2, 0.25) is 0 Å². The van der Waals surface area contributed by atoms with E-state index in [1.54, 1.807) is 0 Å². The molecular weight excluding hydrogens is 324 g/mol. The molecule has 27 heavy (non-hydrogen) atoms. The monoisotopic (exact) mass is 391 g/mol. The summed E-state index contributed by atoms with van der Waals surface area (Å²) in [4.78, 5) is 0. The fourth-order valence-electron chi connectivity index (χ4n) is 1.32. The summed E-state index contributed by atoms with van der Waals surface area (Å²) < 4.78 is 0. The maximum absolute atomic E-state index is 2.34. The highest BCUT2D eigenvalue weighted by atomic mass is 14.1. The van der Waals surface area contributed by atoms with Crippen LogP contribution in [0.25, 0.3) is 0 Å². The van der Waals surface area contributed by atoms with Crippen molar-refractivity contribution in [1.82, 2.24) is 0 Å². The lowest BCUT2D eigenvalue weighted by Crippen LogP contribution is -1.95. The van der Waals surface area contributed by atoms with Crippen LogP contribution in [-0.2, 0) is 0 Å². The Labute approximate surface area is 179 Å². The number of rotatable bonds is 8. The van der Waals surface area contributed by atoms with E-state index in [4.69, 9.17) is 0 Å². The second-order valence-corrected chi connectivity index (χ2v) is 7.70. The Hall–Kier alpha value is 0. The largest absolute Gasteiger partial charge is 0.0683 e. The van der Waals surface area contributed by atoms with E-state index in [9.17, 15) is 0 Å². The van der Waals surface area contributed by atoms with Gasteiger partial charge >= 0.3 is 0 Å². The first-order chi connectivity index (χ1) is 12.8. The van der Waals surface area contributed by atoms with Crippen molar-refractivity contribution < 1.29 is 0 Å². The van der Waals surface area contributed by atoms with Crippen molar-refractivity contribution in [3.8, 4) is 0 Å². The van der Waals surface area contributed by atoms with Gasteiger partial charge in [0.1, 0.15) is 0 Å². The Balaban J connectivity index is -0.0000000540. The highest BCUT2D eigenvalue weighted by Gasteiger charge is 1.99. The van der Waals surface area contributed by atoms with Gasteiger partial charge in [0.2, 0.25) is 0 Å². The standard InChI is InChI=1S/C9H20.C6H14.C5H12.C3H8.2C2H6/c1-5-9(4)7-6-8(2)3;1-3-5-6-4-2;1-4-5(2)3;1-3-2;2*1-2/h8-9H,5-7H2,1-4H3;3-6H2,1-2H3;5H,4H2,1-3H3;3H2,1-2H3;2*1-2H3. The van der Waals surface area contributed by atoms with E-state index in [2.05, 4.69) is 76.2 Å². The van der Waals surface area contributed by atoms with Crippen LogP contribution in [0.15, 0.2) is 0 Å². The number of unbranched alkanes of at least 4 members (excludes halogenated alkanes) is 3. The molecule has 0 amide bonds. The molecule has 0 radical (unpaired) electrons. The van der Waals surface area contributed by atoms with Crippen LogP contribution in [0.3, 0.4) is 0 Å². The van der Waals surface area contributed by atoms with Crippen LogP contribution in [0.4, 0.5) is 0 Å². The second-order valence-electron chi connectivity index (χ2n) is 7.70. The lowest BCUT2D eigenvalue weighted by Gasteiger charge is -2.09. The molecule has 0 nitrogen and oxygen atoms in total. The van der Waals surface area contributed by atoms with Crippen molar-refractivity contribution >= 4 is 0 Å². The van der Waals surface area contributed by atoms with Gasteiger partial charge in [0, 0.05) is 0 Å². The first-order valence-corrected chi connectivity index (χ1v) is 12.8. The van der Waals surface area contributed by atoms with Crippen LogP contribution < -0.4 is 0 Å². The van der Waals surface area contributed by atoms with Crippen LogP contribution in [0.5, 0.6) is 0 Å². The summed E-state index contributed by atoms with van der Waals surface area (Å²) in [6.45, 7) is 32.5. The van der Waals surface area contributed by atoms with Crippen molar-refractivity contribution in [1.29, 1.82) is 0 Å². The molecule has 0 aromatic rings. The molecule has 0 aliphatic carbocycles. The van der Waals surface area contributed by atoms with Crippen molar-refractivity contribution in [3.05, 3.63) is 0 Å². The average Bonchev–Trinajstić information content (AvgIpc) is 2.69. The van der Waals surface area contributed by atoms with Gasteiger partial charge < -0.3 is 0 Å². The summed E-state index contributed by atoms with van der Waals surface area (Å²) in [6.07, 6.45) is 12.2. The normalized spacial score (nSPS) is 9.67. The van der Waals surface area contributed by atoms with E-state index in [0.29, 0.717) is 0 Å². The van der Waals surface area contributed by atoms with E-state index in [1.165, 1.54) is 57.8 Å². The van der Waals surface area contributed by atoms with Crippen LogP contribution in [-0.4, -0.2) is 0 Å². The van der Waals surface area contributed by atoms with Crippen molar-refractivity contribution in [2.24, 2.45) is 17.8 Å². The minimum Gasteiger partial charge on any atom is -0.0683 e. The molecule has 0 aromatic carbocycles. The van der Waals surface area contributed by atoms with E-state index >= 15 is 0 Å². The zero-order valence-electron chi connectivity index (χ0n) is 23.1. The molecule has 174 valence electrons. The predicted octanol–water partition coefficient (Wildman–Crippen LogP) is 11.6. The molecule has 0 spiro atoms. The van der Waals surface area contributed by atoms with Gasteiger partial charge in [-0.25, -0.2) is 0 Å². The van der Waals surface area contributed by atoms with E-state index in [1.807, 2.05) is 27.7 Å². The molecule has 0 rings (SSSR count). The van der Waals surface area contributed by atoms with Crippen molar-refractivity contribution in [2.75, 3.05) is 0 Å². The highest BCUT2D eigenvalue weighted by Crippen LogP contribution is 2.13. The zero-order valence-corrected chi connectivity index (χ0v) is 23.1. The maximum Gasteiger partial charge on any atom is -0.0445 e. The van der Waals surface area contributed by atoms with Gasteiger partial charge in [0.05, 0.1) is 0 Å². The highest BCUT2D eigenvalue weighted by molar-refractivity contribution is 4.52. The van der Waals surface area contributed by atoms with Gasteiger partial charge in [-0.1, -0.05) is 162 Å². The molecular formula is C27H66. The lowest BCUT2D eigenvalue weighted by atomic mass is 9.98. The molecule has 0 heteroatoms. The van der Waals surface area contributed by atoms with Gasteiger partial charge in [0.15, 0.2) is 0 Å². The van der Waals surface area contributed by atoms with Gasteiger partial charge in [-0.15, -0.1) is 0 Å². The van der Waals surface area contributed by atoms with Crippen molar-refractivity contribution in [3.63, 3.8) is 0 Å². The summed E-state index contributed by atoms with van der Waals surface area (Å²) in [7, 11) is 0. The summed E-state index contributed by atoms with van der Waals surface area (Å²) >= 11 is 0. The molecule has 0 fully saturated rings. The first-order valence-electron chi connectivity index (χ1n) is 12.8. The predicted molar refractivity (Wildman–Crippen MR) is 137 cm³/mol. The lowest BCUT2D eigenvalue weighted by molar-refractivity contribution is 0.441. The van der Waals surface area contributed by atoms with Crippen LogP contribution >= 0.6 is 0 Å². The molecule has 0 aliphatic rings. The fraction of sp³-hybridized carbons (Fsp3) is 1.00. The molecule has 0 N–H and O–H groups in total. The molecule has 0 saturated heterocycles. The Kier molecular flexibility index (Phi) is 76.9. The summed E-state index contributed by atoms with van der Waals surface area (Å²) in [6, 6.07) is 0. The van der Waals surface area contributed by atoms with Crippen LogP contribution in [0, 0.1) is 17.8 Å². The van der Waals surface area contributed by atoms with Gasteiger partial charge in [0.25, 0.3) is 0 Å². The molecule has 0 aliphatic heterocycles. The summed E-state index contributed by atoms with van der Waals surface area (Å²) in [5.74, 6) is 2.71. The number of hydrogen-bond donors (Lipinski definition) is 0. The van der Waals surface area contributed by atoms with Gasteiger partial charge in [-0.05, 0) is 17.8 Å². The van der Waals surface area contributed by atoms with Gasteiger partial charge in [-0.3, -0.25) is 0 Å². The quantitative estimate of drug-likeness (QED) is 0.361. The van der Waals surface area contributed by atoms with Gasteiger partial charge in [-0.2, -0.15) is 0 Å². The minimum atomic E-state index is 0.884. The Morgan fingerprint density at radius 1 is 0.481 bits per heavy atom. The smallest absolute Gasteiger partial charge is 0.0445 e. The Morgan fingerprint density at radius 2 is 0.778 bits per heavy atom. The summed E-state index contributed by atoms with van der Waals surface area (Å²) in [5.41, 5.74) is 0. The third-order valence-electron chi connectivity index (χ3n) is 3.71. The summed E-state index contributed by atoms with van der Waals surface area (Å²) in [5, 5.41) is 0. The Morgan fingerprint density at radius 3 is 0.926 bits per heavy atom. The fourth-order valence-corrected chi connectivity index (χ4v) is 1.32. The zero-order chi connectivity index (χ0) is 23.1. The molecule has 1 atom stereocenters. The van der Waals surface area contributed by atoms with Crippen molar-refractivity contribution in [2.45, 2.75) is 162 Å². The third-order valence-corrected chi connectivity index (χ3v) is 3.71. The van der Waals surface area contributed by atoms with Crippen LogP contribution in [0.1, 0.15) is 162 Å². The van der Waals surface area contributed by atoms with E-state index in [-0.39, 0.29) is 0 Å². The molecule has 0 bridgehead atoms. The first kappa shape index (κ1) is 41.4. The SMILES string of the molecule is CC.CC.CCC.CCC(C)C.CCC(C)CCC(C)C.CCCCCC. The average molecular weight is 391 g/mol. The maximum atomic E-state index is 2.34. The molecule has 0 saturated carbocycles. The van der Waals surface area contributed by atoms with E-state index < -0.39 is 0 Å². The molecule has 0 aromatic heterocycles. The Bertz CT molecular complexity index is 142. The minimum absolute atomic E-state index is 0.884. The molecule has 0 heterocycles. The molecule has 1 unspecified atom stereocenters. The second kappa shape index (κ2) is 50.2. The topological polar surface area (TPSA) is 0 Å². The third kappa shape index (κ3) is 104. The van der Waals surface area contributed by atoms with E-state index in [0.717, 1.165) is 17.8 Å².